The minimum atomic E-state index is -1.54. The molecule has 0 atom stereocenters. The predicted molar refractivity (Wildman–Crippen MR) is 161 cm³/mol. The normalized spacial score (nSPS) is 11.0. The molecule has 0 fully saturated rings. The SMILES string of the molecule is N#Cc1cccc(-c2cc3c(-c4ccccc4)nc4cc(-c5c(F)c(C#N)c(F)c(C#N)c5F)ccc4c3c3nsnc23)c1. The van der Waals surface area contributed by atoms with E-state index in [2.05, 4.69) is 14.8 Å². The smallest absolute Gasteiger partial charge is 0.164 e. The number of pyridine rings is 1. The molecule has 2 aromatic heterocycles. The lowest BCUT2D eigenvalue weighted by atomic mass is 9.92. The number of nitriles is 3. The molecule has 0 unspecified atom stereocenters. The highest BCUT2D eigenvalue weighted by Gasteiger charge is 2.27. The first-order chi connectivity index (χ1) is 21.4. The summed E-state index contributed by atoms with van der Waals surface area (Å²) in [5.74, 6) is -4.35. The van der Waals surface area contributed by atoms with E-state index in [1.165, 1.54) is 24.3 Å². The molecule has 7 rings (SSSR count). The lowest BCUT2D eigenvalue weighted by molar-refractivity contribution is 0.539. The lowest BCUT2D eigenvalue weighted by Gasteiger charge is -2.15. The van der Waals surface area contributed by atoms with Crippen molar-refractivity contribution in [3.05, 3.63) is 113 Å². The van der Waals surface area contributed by atoms with Gasteiger partial charge in [0.25, 0.3) is 0 Å². The van der Waals surface area contributed by atoms with E-state index in [9.17, 15) is 20.2 Å². The fourth-order valence-corrected chi connectivity index (χ4v) is 6.05. The van der Waals surface area contributed by atoms with Gasteiger partial charge >= 0.3 is 0 Å². The molecule has 6 nitrogen and oxygen atoms in total. The number of aromatic nitrogens is 3. The molecule has 0 aliphatic carbocycles. The Hall–Kier alpha value is -6.15. The van der Waals surface area contributed by atoms with Crippen LogP contribution in [0.3, 0.4) is 0 Å². The average Bonchev–Trinajstić information content (AvgIpc) is 3.55. The second-order valence-corrected chi connectivity index (χ2v) is 10.4. The molecule has 0 spiro atoms. The van der Waals surface area contributed by atoms with Gasteiger partial charge in [-0.3, -0.25) is 0 Å². The topological polar surface area (TPSA) is 110 Å². The first-order valence-electron chi connectivity index (χ1n) is 13.0. The van der Waals surface area contributed by atoms with Crippen LogP contribution in [0.2, 0.25) is 0 Å². The van der Waals surface area contributed by atoms with Gasteiger partial charge in [0.05, 0.1) is 40.1 Å². The molecule has 0 aliphatic heterocycles. The van der Waals surface area contributed by atoms with Crippen LogP contribution in [-0.2, 0) is 0 Å². The predicted octanol–water partition coefficient (Wildman–Crippen LogP) is 8.43. The molecule has 0 radical (unpaired) electrons. The third-order valence-corrected chi connectivity index (χ3v) is 8.00. The molecular formula is C34H13F3N6S. The van der Waals surface area contributed by atoms with Crippen molar-refractivity contribution in [3.63, 3.8) is 0 Å². The van der Waals surface area contributed by atoms with E-state index in [0.29, 0.717) is 38.6 Å². The number of halogens is 3. The highest BCUT2D eigenvalue weighted by Crippen LogP contribution is 2.42. The average molecular weight is 595 g/mol. The van der Waals surface area contributed by atoms with Gasteiger partial charge in [-0.25, -0.2) is 18.2 Å². The number of hydrogen-bond acceptors (Lipinski definition) is 7. The summed E-state index contributed by atoms with van der Waals surface area (Å²) in [6.07, 6.45) is 0. The van der Waals surface area contributed by atoms with E-state index in [4.69, 9.17) is 4.98 Å². The molecule has 0 saturated heterocycles. The zero-order valence-corrected chi connectivity index (χ0v) is 23.0. The molecule has 0 aliphatic rings. The van der Waals surface area contributed by atoms with Crippen molar-refractivity contribution in [1.29, 1.82) is 15.8 Å². The number of rotatable bonds is 3. The maximum atomic E-state index is 15.4. The van der Waals surface area contributed by atoms with Crippen molar-refractivity contribution < 1.29 is 13.2 Å². The van der Waals surface area contributed by atoms with Gasteiger partial charge in [0.15, 0.2) is 17.5 Å². The molecule has 44 heavy (non-hydrogen) atoms. The number of benzene rings is 5. The van der Waals surface area contributed by atoms with E-state index in [1.807, 2.05) is 42.5 Å². The van der Waals surface area contributed by atoms with Crippen LogP contribution < -0.4 is 0 Å². The minimum absolute atomic E-state index is 0.0241. The van der Waals surface area contributed by atoms with Gasteiger partial charge in [0, 0.05) is 27.3 Å². The van der Waals surface area contributed by atoms with Gasteiger partial charge in [-0.2, -0.15) is 24.5 Å². The Labute approximate surface area is 251 Å². The molecule has 0 bridgehead atoms. The van der Waals surface area contributed by atoms with E-state index in [1.54, 1.807) is 24.3 Å². The van der Waals surface area contributed by atoms with E-state index < -0.39 is 34.1 Å². The highest BCUT2D eigenvalue weighted by atomic mass is 32.1. The van der Waals surface area contributed by atoms with Crippen LogP contribution in [0.15, 0.2) is 78.9 Å². The Morgan fingerprint density at radius 3 is 2.02 bits per heavy atom. The van der Waals surface area contributed by atoms with Crippen molar-refractivity contribution in [2.24, 2.45) is 0 Å². The maximum absolute atomic E-state index is 15.4. The molecule has 7 aromatic rings. The zero-order valence-electron chi connectivity index (χ0n) is 22.2. The van der Waals surface area contributed by atoms with Crippen LogP contribution in [0.1, 0.15) is 16.7 Å². The summed E-state index contributed by atoms with van der Waals surface area (Å²) in [5.41, 5.74) is 2.10. The van der Waals surface area contributed by atoms with Crippen LogP contribution in [0, 0.1) is 51.4 Å². The van der Waals surface area contributed by atoms with Gasteiger partial charge in [0.1, 0.15) is 34.3 Å². The van der Waals surface area contributed by atoms with Crippen LogP contribution in [-0.4, -0.2) is 13.7 Å². The Kier molecular flexibility index (Phi) is 6.25. The van der Waals surface area contributed by atoms with Gasteiger partial charge in [-0.15, -0.1) is 0 Å². The van der Waals surface area contributed by atoms with Crippen LogP contribution in [0.4, 0.5) is 13.2 Å². The third-order valence-electron chi connectivity index (χ3n) is 7.47. The lowest BCUT2D eigenvalue weighted by Crippen LogP contribution is -2.04. The molecular weight excluding hydrogens is 581 g/mol. The molecule has 206 valence electrons. The second-order valence-electron chi connectivity index (χ2n) is 9.85. The van der Waals surface area contributed by atoms with Gasteiger partial charge in [0.2, 0.25) is 0 Å². The number of fused-ring (bicyclic) bond motifs is 5. The Morgan fingerprint density at radius 1 is 0.614 bits per heavy atom. The summed E-state index contributed by atoms with van der Waals surface area (Å²) >= 11 is 1.03. The van der Waals surface area contributed by atoms with Crippen molar-refractivity contribution in [3.8, 4) is 51.7 Å². The quantitative estimate of drug-likeness (QED) is 0.190. The summed E-state index contributed by atoms with van der Waals surface area (Å²) in [6, 6.07) is 28.0. The highest BCUT2D eigenvalue weighted by molar-refractivity contribution is 7.00. The molecule has 5 aromatic carbocycles. The maximum Gasteiger partial charge on any atom is 0.164 e. The Morgan fingerprint density at radius 2 is 1.32 bits per heavy atom. The fraction of sp³-hybridized carbons (Fsp3) is 0. The van der Waals surface area contributed by atoms with E-state index in [0.717, 1.165) is 33.8 Å². The van der Waals surface area contributed by atoms with E-state index >= 15 is 8.78 Å². The van der Waals surface area contributed by atoms with Gasteiger partial charge in [-0.1, -0.05) is 54.6 Å². The van der Waals surface area contributed by atoms with Crippen LogP contribution >= 0.6 is 11.7 Å². The standard InChI is InChI=1S/C34H13F3N6S/c35-29-24(15-39)30(36)27(31(37)25(29)16-40)20-9-10-21-26(12-20)41-32(18-6-2-1-3-7-18)23-13-22(19-8-4-5-17(11-19)14-38)33-34(28(21)23)43-44-42-33/h1-13H. The molecule has 2 heterocycles. The largest absolute Gasteiger partial charge is 0.247 e. The minimum Gasteiger partial charge on any atom is -0.247 e. The Bertz CT molecular complexity index is 2430. The van der Waals surface area contributed by atoms with Crippen molar-refractivity contribution >= 4 is 44.4 Å². The summed E-state index contributed by atoms with van der Waals surface area (Å²) in [6.45, 7) is 0. The molecule has 10 heteroatoms. The Balaban J connectivity index is 1.60. The van der Waals surface area contributed by atoms with Crippen LogP contribution in [0.5, 0.6) is 0 Å². The molecule has 0 saturated carbocycles. The van der Waals surface area contributed by atoms with E-state index in [-0.39, 0.29) is 5.56 Å². The summed E-state index contributed by atoms with van der Waals surface area (Å²) < 4.78 is 54.4. The zero-order chi connectivity index (χ0) is 30.5. The molecule has 0 amide bonds. The summed E-state index contributed by atoms with van der Waals surface area (Å²) in [7, 11) is 0. The monoisotopic (exact) mass is 594 g/mol. The fourth-order valence-electron chi connectivity index (χ4n) is 5.48. The van der Waals surface area contributed by atoms with Crippen molar-refractivity contribution in [2.45, 2.75) is 0 Å². The first kappa shape index (κ1) is 26.7. The molecule has 0 N–H and O–H groups in total. The summed E-state index contributed by atoms with van der Waals surface area (Å²) in [5, 5.41) is 30.2. The summed E-state index contributed by atoms with van der Waals surface area (Å²) in [4.78, 5) is 4.94. The van der Waals surface area contributed by atoms with Crippen molar-refractivity contribution in [1.82, 2.24) is 13.7 Å². The first-order valence-corrected chi connectivity index (χ1v) is 13.8. The third kappa shape index (κ3) is 3.96. The van der Waals surface area contributed by atoms with Crippen molar-refractivity contribution in [2.75, 3.05) is 0 Å². The van der Waals surface area contributed by atoms with Gasteiger partial charge < -0.3 is 0 Å². The number of nitrogens with zero attached hydrogens (tertiary/aromatic N) is 6. The second kappa shape index (κ2) is 10.3. The number of hydrogen-bond donors (Lipinski definition) is 0. The van der Waals surface area contributed by atoms with Crippen LogP contribution in [0.25, 0.3) is 66.2 Å². The van der Waals surface area contributed by atoms with Gasteiger partial charge in [-0.05, 0) is 35.4 Å².